The molecule has 0 fully saturated rings. The molecule has 0 saturated carbocycles. The summed E-state index contributed by atoms with van der Waals surface area (Å²) in [5.41, 5.74) is 2.94. The first-order chi connectivity index (χ1) is 18.8. The number of aromatic carboxylic acids is 2. The van der Waals surface area contributed by atoms with E-state index in [1.807, 2.05) is 12.1 Å². The van der Waals surface area contributed by atoms with Crippen LogP contribution in [0, 0.1) is 0 Å². The molecule has 0 aliphatic heterocycles. The first-order valence-corrected chi connectivity index (χ1v) is 14.6. The number of hydrogen-bond donors (Lipinski definition) is 0. The Morgan fingerprint density at radius 3 is 0.950 bits per heavy atom. The minimum Gasteiger partial charge on any atom is -0.545 e. The van der Waals surface area contributed by atoms with Gasteiger partial charge in [0.05, 0.1) is 54.2 Å². The number of nitrogens with zero attached hydrogens (tertiary/aromatic N) is 2. The number of carboxylic acid groups (broad SMARTS) is 2. The lowest BCUT2D eigenvalue weighted by atomic mass is 10.2. The summed E-state index contributed by atoms with van der Waals surface area (Å²) in [4.78, 5) is 23.0. The Hall–Kier alpha value is -3.56. The summed E-state index contributed by atoms with van der Waals surface area (Å²) in [6.07, 6.45) is 0. The summed E-state index contributed by atoms with van der Waals surface area (Å²) >= 11 is 0. The Bertz CT molecular complexity index is 1230. The van der Waals surface area contributed by atoms with Gasteiger partial charge in [-0.3, -0.25) is 8.97 Å². The van der Waals surface area contributed by atoms with Gasteiger partial charge in [0.15, 0.2) is 0 Å². The maximum Gasteiger partial charge on any atom is 0.132 e. The van der Waals surface area contributed by atoms with E-state index in [4.69, 9.17) is 0 Å². The fourth-order valence-electron chi connectivity index (χ4n) is 3.14. The number of benzene rings is 4. The number of rotatable bonds is 7. The molecule has 0 amide bonds. The molecule has 0 atom stereocenters. The second-order valence-corrected chi connectivity index (χ2v) is 12.8. The first-order valence-electron chi connectivity index (χ1n) is 12.5. The standard InChI is InChI=1S/C14H10O4S2.2C9H14N/c15-13(16)9-1-5-11(6-2-9)19-20-12-7-3-10(4-8-12)14(17)18;2*1-10(2,3)9-7-5-4-6-8-9/h1-8H,(H,15,16)(H,17,18);2*4-8H,1-3H3/q;2*+1/p-2. The van der Waals surface area contributed by atoms with E-state index in [0.717, 1.165) is 18.8 Å². The molecule has 0 aliphatic rings. The average Bonchev–Trinajstić information content (AvgIpc) is 2.93. The van der Waals surface area contributed by atoms with Gasteiger partial charge in [-0.15, -0.1) is 0 Å². The number of quaternary nitrogens is 2. The number of carbonyl (C=O) groups is 2. The molecule has 0 heterocycles. The van der Waals surface area contributed by atoms with Gasteiger partial charge in [0.1, 0.15) is 11.4 Å². The average molecular weight is 577 g/mol. The molecule has 40 heavy (non-hydrogen) atoms. The van der Waals surface area contributed by atoms with E-state index in [9.17, 15) is 19.8 Å². The van der Waals surface area contributed by atoms with Crippen LogP contribution in [0.3, 0.4) is 0 Å². The van der Waals surface area contributed by atoms with Gasteiger partial charge in [-0.1, -0.05) is 82.3 Å². The van der Waals surface area contributed by atoms with Gasteiger partial charge in [0.25, 0.3) is 0 Å². The molecule has 4 aromatic rings. The second kappa shape index (κ2) is 15.3. The highest BCUT2D eigenvalue weighted by molar-refractivity contribution is 8.76. The monoisotopic (exact) mass is 576 g/mol. The summed E-state index contributed by atoms with van der Waals surface area (Å²) in [6, 6.07) is 33.6. The Morgan fingerprint density at radius 1 is 0.475 bits per heavy atom. The number of para-hydroxylation sites is 2. The van der Waals surface area contributed by atoms with Crippen LogP contribution in [-0.4, -0.2) is 54.2 Å². The lowest BCUT2D eigenvalue weighted by molar-refractivity contribution is -0.256. The van der Waals surface area contributed by atoms with Crippen molar-refractivity contribution in [2.75, 3.05) is 42.3 Å². The third kappa shape index (κ3) is 11.7. The van der Waals surface area contributed by atoms with Crippen molar-refractivity contribution in [1.82, 2.24) is 8.97 Å². The molecular formula is C32H36N2O4S2. The minimum atomic E-state index is -1.20. The third-order valence-corrected chi connectivity index (χ3v) is 7.89. The molecule has 4 rings (SSSR count). The molecule has 0 bridgehead atoms. The molecular weight excluding hydrogens is 540 g/mol. The maximum atomic E-state index is 10.6. The minimum absolute atomic E-state index is 0.137. The Kier molecular flexibility index (Phi) is 12.5. The Morgan fingerprint density at radius 2 is 0.750 bits per heavy atom. The van der Waals surface area contributed by atoms with Crippen LogP contribution in [0.25, 0.3) is 0 Å². The highest BCUT2D eigenvalue weighted by Gasteiger charge is 2.09. The highest BCUT2D eigenvalue weighted by Crippen LogP contribution is 2.37. The van der Waals surface area contributed by atoms with Crippen molar-refractivity contribution in [2.24, 2.45) is 0 Å². The number of hydrogen-bond acceptors (Lipinski definition) is 6. The quantitative estimate of drug-likeness (QED) is 0.228. The van der Waals surface area contributed by atoms with Crippen molar-refractivity contribution < 1.29 is 19.8 Å². The zero-order chi connectivity index (χ0) is 29.8. The lowest BCUT2D eigenvalue weighted by Gasteiger charge is -2.22. The van der Waals surface area contributed by atoms with Gasteiger partial charge in [-0.25, -0.2) is 0 Å². The van der Waals surface area contributed by atoms with Crippen LogP contribution in [0.2, 0.25) is 0 Å². The molecule has 0 radical (unpaired) electrons. The Labute approximate surface area is 245 Å². The van der Waals surface area contributed by atoms with Crippen LogP contribution < -0.4 is 19.2 Å². The number of carbonyl (C=O) groups excluding carboxylic acids is 2. The molecule has 0 aromatic heterocycles. The van der Waals surface area contributed by atoms with Crippen molar-refractivity contribution in [3.8, 4) is 0 Å². The lowest BCUT2D eigenvalue weighted by Crippen LogP contribution is -2.34. The van der Waals surface area contributed by atoms with Gasteiger partial charge >= 0.3 is 0 Å². The van der Waals surface area contributed by atoms with Crippen LogP contribution >= 0.6 is 21.6 Å². The molecule has 6 nitrogen and oxygen atoms in total. The summed E-state index contributed by atoms with van der Waals surface area (Å²) in [6.45, 7) is 0. The predicted octanol–water partition coefficient (Wildman–Crippen LogP) is 4.98. The molecule has 0 unspecified atom stereocenters. The molecule has 0 N–H and O–H groups in total. The van der Waals surface area contributed by atoms with Crippen molar-refractivity contribution in [3.05, 3.63) is 120 Å². The highest BCUT2D eigenvalue weighted by atomic mass is 33.1. The SMILES string of the molecule is C[N+](C)(C)c1ccccc1.C[N+](C)(C)c1ccccc1.O=C([O-])c1ccc(SSc2ccc(C(=O)[O-])cc2)cc1. The summed E-state index contributed by atoms with van der Waals surface area (Å²) in [7, 11) is 15.9. The molecule has 0 saturated heterocycles. The van der Waals surface area contributed by atoms with Crippen LogP contribution in [0.15, 0.2) is 119 Å². The van der Waals surface area contributed by atoms with Crippen molar-refractivity contribution in [1.29, 1.82) is 0 Å². The van der Waals surface area contributed by atoms with E-state index in [1.54, 1.807) is 24.3 Å². The molecule has 210 valence electrons. The molecule has 0 aliphatic carbocycles. The van der Waals surface area contributed by atoms with Gasteiger partial charge < -0.3 is 19.8 Å². The van der Waals surface area contributed by atoms with E-state index in [2.05, 4.69) is 90.8 Å². The smallest absolute Gasteiger partial charge is 0.132 e. The van der Waals surface area contributed by atoms with E-state index in [1.165, 1.54) is 57.2 Å². The van der Waals surface area contributed by atoms with Crippen molar-refractivity contribution >= 4 is 44.9 Å². The fraction of sp³-hybridized carbons (Fsp3) is 0.188. The fourth-order valence-corrected chi connectivity index (χ4v) is 5.07. The summed E-state index contributed by atoms with van der Waals surface area (Å²) < 4.78 is 1.78. The Balaban J connectivity index is 0.000000235. The van der Waals surface area contributed by atoms with Crippen molar-refractivity contribution in [3.63, 3.8) is 0 Å². The maximum absolute atomic E-state index is 10.6. The largest absolute Gasteiger partial charge is 0.545 e. The van der Waals surface area contributed by atoms with E-state index in [-0.39, 0.29) is 11.1 Å². The van der Waals surface area contributed by atoms with Crippen LogP contribution in [0.5, 0.6) is 0 Å². The van der Waals surface area contributed by atoms with Crippen LogP contribution in [-0.2, 0) is 0 Å². The third-order valence-electron chi connectivity index (χ3n) is 5.48. The van der Waals surface area contributed by atoms with Crippen LogP contribution in [0.4, 0.5) is 11.4 Å². The van der Waals surface area contributed by atoms with E-state index >= 15 is 0 Å². The van der Waals surface area contributed by atoms with Crippen molar-refractivity contribution in [2.45, 2.75) is 9.79 Å². The molecule has 4 aromatic carbocycles. The van der Waals surface area contributed by atoms with Gasteiger partial charge in [-0.05, 0) is 59.7 Å². The molecule has 8 heteroatoms. The zero-order valence-electron chi connectivity index (χ0n) is 23.7. The van der Waals surface area contributed by atoms with E-state index < -0.39 is 11.9 Å². The van der Waals surface area contributed by atoms with Crippen LogP contribution in [0.1, 0.15) is 20.7 Å². The summed E-state index contributed by atoms with van der Waals surface area (Å²) in [5, 5.41) is 21.2. The normalized spacial score (nSPS) is 10.8. The summed E-state index contributed by atoms with van der Waals surface area (Å²) in [5.74, 6) is -2.40. The molecule has 0 spiro atoms. The first kappa shape index (κ1) is 32.7. The van der Waals surface area contributed by atoms with Gasteiger partial charge in [0.2, 0.25) is 0 Å². The van der Waals surface area contributed by atoms with E-state index in [0.29, 0.717) is 0 Å². The van der Waals surface area contributed by atoms with Gasteiger partial charge in [-0.2, -0.15) is 0 Å². The van der Waals surface area contributed by atoms with Gasteiger partial charge in [0, 0.05) is 9.79 Å². The topological polar surface area (TPSA) is 80.3 Å². The second-order valence-electron chi connectivity index (χ2n) is 10.5. The number of carboxylic acids is 2. The predicted molar refractivity (Wildman–Crippen MR) is 165 cm³/mol. The zero-order valence-corrected chi connectivity index (χ0v) is 25.4.